The first-order chi connectivity index (χ1) is 6.34. The molecule has 0 nitrogen and oxygen atoms in total. The molecule has 3 unspecified atom stereocenters. The summed E-state index contributed by atoms with van der Waals surface area (Å²) >= 11 is 0. The molecule has 0 heterocycles. The lowest BCUT2D eigenvalue weighted by atomic mass is 9.38. The van der Waals surface area contributed by atoms with Crippen molar-refractivity contribution in [1.82, 2.24) is 0 Å². The second-order valence-corrected chi connectivity index (χ2v) is 7.76. The van der Waals surface area contributed by atoms with Gasteiger partial charge in [0.1, 0.15) is 0 Å². The van der Waals surface area contributed by atoms with Gasteiger partial charge in [-0.2, -0.15) is 0 Å². The predicted molar refractivity (Wildman–Crippen MR) is 60.1 cm³/mol. The molecule has 4 aliphatic rings. The van der Waals surface area contributed by atoms with Crippen molar-refractivity contribution in [3.63, 3.8) is 0 Å². The maximum Gasteiger partial charge on any atom is -0.0287 e. The topological polar surface area (TPSA) is 0 Å². The zero-order valence-electron chi connectivity index (χ0n) is 10.2. The predicted octanol–water partition coefficient (Wildman–Crippen LogP) is 4.25. The molecule has 0 spiro atoms. The summed E-state index contributed by atoms with van der Waals surface area (Å²) in [4.78, 5) is 0. The van der Waals surface area contributed by atoms with Gasteiger partial charge in [-0.1, -0.05) is 27.7 Å². The Balaban J connectivity index is 2.06. The van der Waals surface area contributed by atoms with Gasteiger partial charge in [-0.3, -0.25) is 0 Å². The van der Waals surface area contributed by atoms with Crippen molar-refractivity contribution < 1.29 is 0 Å². The molecule has 0 radical (unpaired) electrons. The summed E-state index contributed by atoms with van der Waals surface area (Å²) in [6.45, 7) is 10.2. The van der Waals surface area contributed by atoms with Crippen LogP contribution in [-0.4, -0.2) is 0 Å². The maximum atomic E-state index is 2.57. The molecular weight excluding hydrogens is 168 g/mol. The van der Waals surface area contributed by atoms with Crippen LogP contribution in [0, 0.1) is 28.1 Å². The Bertz CT molecular complexity index is 260. The average molecular weight is 192 g/mol. The minimum atomic E-state index is 0.683. The highest BCUT2D eigenvalue weighted by Crippen LogP contribution is 2.71. The summed E-state index contributed by atoms with van der Waals surface area (Å²) in [5, 5.41) is 0. The van der Waals surface area contributed by atoms with Crippen molar-refractivity contribution in [2.24, 2.45) is 28.1 Å². The highest BCUT2D eigenvalue weighted by molar-refractivity contribution is 5.11. The zero-order valence-corrected chi connectivity index (χ0v) is 10.2. The second kappa shape index (κ2) is 2.23. The van der Waals surface area contributed by atoms with Gasteiger partial charge >= 0.3 is 0 Å². The molecule has 4 bridgehead atoms. The highest BCUT2D eigenvalue weighted by Gasteiger charge is 2.61. The Hall–Kier alpha value is 0. The fourth-order valence-corrected chi connectivity index (χ4v) is 6.04. The first-order valence-corrected chi connectivity index (χ1v) is 6.34. The lowest BCUT2D eigenvalue weighted by Gasteiger charge is -2.67. The van der Waals surface area contributed by atoms with Gasteiger partial charge in [-0.15, -0.1) is 0 Å². The van der Waals surface area contributed by atoms with Crippen molar-refractivity contribution >= 4 is 0 Å². The first-order valence-electron chi connectivity index (χ1n) is 6.34. The SMILES string of the molecule is CC1C2CC3(C)CC(C)(C2)CC1(C)C3. The van der Waals surface area contributed by atoms with Crippen LogP contribution in [0.4, 0.5) is 0 Å². The third kappa shape index (κ3) is 1.01. The zero-order chi connectivity index (χ0) is 10.2. The van der Waals surface area contributed by atoms with E-state index in [9.17, 15) is 0 Å². The number of rotatable bonds is 0. The summed E-state index contributed by atoms with van der Waals surface area (Å²) in [7, 11) is 0. The minimum absolute atomic E-state index is 0.683. The van der Waals surface area contributed by atoms with E-state index in [0.717, 1.165) is 11.8 Å². The Labute approximate surface area is 88.5 Å². The maximum absolute atomic E-state index is 2.57. The van der Waals surface area contributed by atoms with Crippen molar-refractivity contribution in [2.45, 2.75) is 59.8 Å². The molecule has 4 fully saturated rings. The van der Waals surface area contributed by atoms with Crippen LogP contribution in [0.25, 0.3) is 0 Å². The fraction of sp³-hybridized carbons (Fsp3) is 1.00. The van der Waals surface area contributed by atoms with Crippen LogP contribution in [0.5, 0.6) is 0 Å². The van der Waals surface area contributed by atoms with E-state index in [1.807, 2.05) is 0 Å². The molecule has 0 aromatic heterocycles. The largest absolute Gasteiger partial charge is 0.0617 e. The van der Waals surface area contributed by atoms with Crippen LogP contribution in [-0.2, 0) is 0 Å². The second-order valence-electron chi connectivity index (χ2n) is 7.76. The molecule has 0 saturated heterocycles. The molecule has 14 heavy (non-hydrogen) atoms. The third-order valence-electron chi connectivity index (χ3n) is 5.83. The van der Waals surface area contributed by atoms with E-state index in [0.29, 0.717) is 16.2 Å². The van der Waals surface area contributed by atoms with Gasteiger partial charge in [0.15, 0.2) is 0 Å². The van der Waals surface area contributed by atoms with Crippen molar-refractivity contribution in [1.29, 1.82) is 0 Å². The molecule has 0 heteroatoms. The van der Waals surface area contributed by atoms with Gasteiger partial charge in [0.25, 0.3) is 0 Å². The van der Waals surface area contributed by atoms with Crippen molar-refractivity contribution in [3.05, 3.63) is 0 Å². The Morgan fingerprint density at radius 2 is 1.36 bits per heavy atom. The van der Waals surface area contributed by atoms with E-state index >= 15 is 0 Å². The van der Waals surface area contributed by atoms with Crippen molar-refractivity contribution in [2.75, 3.05) is 0 Å². The van der Waals surface area contributed by atoms with Gasteiger partial charge in [0.05, 0.1) is 0 Å². The van der Waals surface area contributed by atoms with E-state index in [-0.39, 0.29) is 0 Å². The Kier molecular flexibility index (Phi) is 1.47. The molecule has 4 saturated carbocycles. The monoisotopic (exact) mass is 192 g/mol. The van der Waals surface area contributed by atoms with Gasteiger partial charge in [0.2, 0.25) is 0 Å². The fourth-order valence-electron chi connectivity index (χ4n) is 6.04. The van der Waals surface area contributed by atoms with E-state index in [1.54, 1.807) is 0 Å². The molecule has 0 amide bonds. The molecule has 0 aromatic carbocycles. The van der Waals surface area contributed by atoms with Gasteiger partial charge < -0.3 is 0 Å². The molecule has 80 valence electrons. The molecular formula is C14H24. The number of hydrogen-bond acceptors (Lipinski definition) is 0. The van der Waals surface area contributed by atoms with Crippen LogP contribution in [0.15, 0.2) is 0 Å². The summed E-state index contributed by atoms with van der Waals surface area (Å²) in [6.07, 6.45) is 7.58. The number of hydrogen-bond donors (Lipinski definition) is 0. The summed E-state index contributed by atoms with van der Waals surface area (Å²) < 4.78 is 0. The lowest BCUT2D eigenvalue weighted by molar-refractivity contribution is -0.172. The van der Waals surface area contributed by atoms with Crippen LogP contribution in [0.1, 0.15) is 59.8 Å². The average Bonchev–Trinajstić information content (AvgIpc) is 1.94. The minimum Gasteiger partial charge on any atom is -0.0617 e. The Morgan fingerprint density at radius 3 is 1.79 bits per heavy atom. The van der Waals surface area contributed by atoms with E-state index in [2.05, 4.69) is 27.7 Å². The molecule has 3 atom stereocenters. The van der Waals surface area contributed by atoms with Crippen LogP contribution in [0.2, 0.25) is 0 Å². The lowest BCUT2D eigenvalue weighted by Crippen LogP contribution is -2.57. The summed E-state index contributed by atoms with van der Waals surface area (Å²) in [5.41, 5.74) is 2.09. The molecule has 4 aliphatic carbocycles. The molecule has 0 aromatic rings. The summed E-state index contributed by atoms with van der Waals surface area (Å²) in [5.74, 6) is 2.04. The highest BCUT2D eigenvalue weighted by atomic mass is 14.7. The molecule has 0 N–H and O–H groups in total. The standard InChI is InChI=1S/C14H24/c1-10-11-5-12(2)7-13(3,6-11)9-14(10,4)8-12/h10-11H,5-9H2,1-4H3. The quantitative estimate of drug-likeness (QED) is 0.538. The molecule has 4 rings (SSSR count). The first kappa shape index (κ1) is 9.24. The van der Waals surface area contributed by atoms with E-state index in [1.165, 1.54) is 32.1 Å². The van der Waals surface area contributed by atoms with Gasteiger partial charge in [0, 0.05) is 0 Å². The van der Waals surface area contributed by atoms with Gasteiger partial charge in [-0.05, 0) is 60.2 Å². The van der Waals surface area contributed by atoms with Crippen molar-refractivity contribution in [3.8, 4) is 0 Å². The smallest absolute Gasteiger partial charge is 0.0287 e. The molecule has 0 aliphatic heterocycles. The third-order valence-corrected chi connectivity index (χ3v) is 5.83. The van der Waals surface area contributed by atoms with Crippen LogP contribution >= 0.6 is 0 Å². The van der Waals surface area contributed by atoms with E-state index < -0.39 is 0 Å². The van der Waals surface area contributed by atoms with Crippen LogP contribution in [0.3, 0.4) is 0 Å². The summed E-state index contributed by atoms with van der Waals surface area (Å²) in [6, 6.07) is 0. The van der Waals surface area contributed by atoms with Gasteiger partial charge in [-0.25, -0.2) is 0 Å². The normalized spacial score (nSPS) is 66.0. The van der Waals surface area contributed by atoms with Crippen LogP contribution < -0.4 is 0 Å². The Morgan fingerprint density at radius 1 is 0.857 bits per heavy atom. The van der Waals surface area contributed by atoms with E-state index in [4.69, 9.17) is 0 Å².